The smallest absolute Gasteiger partial charge is 0.266 e. The van der Waals surface area contributed by atoms with Gasteiger partial charge in [0.05, 0.1) is 18.4 Å². The Morgan fingerprint density at radius 1 is 1.00 bits per heavy atom. The largest absolute Gasteiger partial charge is 0.495 e. The van der Waals surface area contributed by atoms with E-state index < -0.39 is 5.91 Å². The first-order valence-electron chi connectivity index (χ1n) is 8.03. The van der Waals surface area contributed by atoms with Crippen molar-refractivity contribution in [2.75, 3.05) is 12.0 Å². The quantitative estimate of drug-likeness (QED) is 0.584. The summed E-state index contributed by atoms with van der Waals surface area (Å²) in [7, 11) is 1.51. The molecule has 1 aliphatic heterocycles. The van der Waals surface area contributed by atoms with Gasteiger partial charge in [-0.05, 0) is 24.3 Å². The lowest BCUT2D eigenvalue weighted by molar-refractivity contribution is -0.112. The van der Waals surface area contributed by atoms with Crippen LogP contribution in [0.15, 0.2) is 60.9 Å². The van der Waals surface area contributed by atoms with E-state index in [9.17, 15) is 9.59 Å². The molecule has 2 heterocycles. The van der Waals surface area contributed by atoms with Crippen LogP contribution in [0, 0.1) is 0 Å². The van der Waals surface area contributed by atoms with Crippen LogP contribution in [-0.2, 0) is 4.79 Å². The van der Waals surface area contributed by atoms with Gasteiger partial charge >= 0.3 is 0 Å². The summed E-state index contributed by atoms with van der Waals surface area (Å²) in [6.07, 6.45) is 4.93. The maximum Gasteiger partial charge on any atom is 0.266 e. The van der Waals surface area contributed by atoms with Gasteiger partial charge in [-0.25, -0.2) is 9.88 Å². The van der Waals surface area contributed by atoms with E-state index >= 15 is 0 Å². The van der Waals surface area contributed by atoms with Crippen LogP contribution in [0.1, 0.15) is 21.7 Å². The number of benzene rings is 2. The van der Waals surface area contributed by atoms with E-state index in [0.29, 0.717) is 34.0 Å². The molecule has 0 saturated carbocycles. The topological polar surface area (TPSA) is 75.3 Å². The Morgan fingerprint density at radius 2 is 1.73 bits per heavy atom. The molecule has 3 aromatic rings. The number of amides is 2. The number of hydrogen-bond donors (Lipinski definition) is 1. The zero-order valence-electron chi connectivity index (χ0n) is 14.0. The summed E-state index contributed by atoms with van der Waals surface area (Å²) < 4.78 is 5.34. The van der Waals surface area contributed by atoms with Crippen LogP contribution in [-0.4, -0.2) is 28.9 Å². The van der Waals surface area contributed by atoms with E-state index in [0.717, 1.165) is 4.90 Å². The summed E-state index contributed by atoms with van der Waals surface area (Å²) in [6, 6.07) is 14.0. The number of hydrogen-bond acceptors (Lipinski definition) is 4. The van der Waals surface area contributed by atoms with Gasteiger partial charge in [0.15, 0.2) is 0 Å². The molecule has 0 radical (unpaired) electrons. The summed E-state index contributed by atoms with van der Waals surface area (Å²) in [5.74, 6) is 0.185. The standard InChI is InChI=1S/C20H15N3O3/c1-26-17-9-5-4-8-16(17)23-19(24)14-7-3-2-6-13(14)15(20(23)25)12-18-21-10-11-22-18/h2-12H,1H3,(H,21,22). The van der Waals surface area contributed by atoms with Crippen LogP contribution in [0.5, 0.6) is 5.75 Å². The number of nitrogens with zero attached hydrogens (tertiary/aromatic N) is 2. The summed E-state index contributed by atoms with van der Waals surface area (Å²) in [5, 5.41) is 0. The fourth-order valence-electron chi connectivity index (χ4n) is 3.02. The molecule has 0 unspecified atom stereocenters. The summed E-state index contributed by atoms with van der Waals surface area (Å²) >= 11 is 0. The maximum atomic E-state index is 13.2. The third kappa shape index (κ3) is 2.48. The minimum Gasteiger partial charge on any atom is -0.495 e. The Bertz CT molecular complexity index is 1020. The molecular weight excluding hydrogens is 330 g/mol. The van der Waals surface area contributed by atoms with Crippen molar-refractivity contribution in [3.05, 3.63) is 77.9 Å². The Labute approximate surface area is 149 Å². The van der Waals surface area contributed by atoms with Gasteiger partial charge in [-0.3, -0.25) is 9.59 Å². The van der Waals surface area contributed by atoms with Gasteiger partial charge in [-0.1, -0.05) is 30.3 Å². The first kappa shape index (κ1) is 15.8. The number of carbonyl (C=O) groups excluding carboxylic acids is 2. The molecule has 0 saturated heterocycles. The van der Waals surface area contributed by atoms with Crippen LogP contribution >= 0.6 is 0 Å². The van der Waals surface area contributed by atoms with Crippen molar-refractivity contribution < 1.29 is 14.3 Å². The van der Waals surface area contributed by atoms with E-state index in [4.69, 9.17) is 4.74 Å². The fraction of sp³-hybridized carbons (Fsp3) is 0.0500. The second-order valence-electron chi connectivity index (χ2n) is 5.70. The van der Waals surface area contributed by atoms with Gasteiger partial charge in [0, 0.05) is 23.5 Å². The zero-order valence-corrected chi connectivity index (χ0v) is 14.0. The van der Waals surface area contributed by atoms with Crippen molar-refractivity contribution in [1.29, 1.82) is 0 Å². The molecule has 26 heavy (non-hydrogen) atoms. The van der Waals surface area contributed by atoms with Gasteiger partial charge in [-0.2, -0.15) is 0 Å². The van der Waals surface area contributed by atoms with Gasteiger partial charge in [0.1, 0.15) is 11.6 Å². The lowest BCUT2D eigenvalue weighted by Gasteiger charge is -2.29. The highest BCUT2D eigenvalue weighted by molar-refractivity contribution is 6.43. The molecule has 1 aliphatic rings. The summed E-state index contributed by atoms with van der Waals surface area (Å²) in [6.45, 7) is 0. The molecule has 0 aliphatic carbocycles. The minimum atomic E-state index is -0.422. The summed E-state index contributed by atoms with van der Waals surface area (Å²) in [5.41, 5.74) is 1.84. The highest BCUT2D eigenvalue weighted by atomic mass is 16.5. The first-order chi connectivity index (χ1) is 12.7. The van der Waals surface area contributed by atoms with Gasteiger partial charge in [-0.15, -0.1) is 0 Å². The summed E-state index contributed by atoms with van der Waals surface area (Å²) in [4.78, 5) is 34.5. The van der Waals surface area contributed by atoms with Crippen molar-refractivity contribution in [3.63, 3.8) is 0 Å². The molecule has 1 N–H and O–H groups in total. The fourth-order valence-corrected chi connectivity index (χ4v) is 3.02. The minimum absolute atomic E-state index is 0.383. The second-order valence-corrected chi connectivity index (χ2v) is 5.70. The highest BCUT2D eigenvalue weighted by Crippen LogP contribution is 2.36. The molecule has 2 amide bonds. The Kier molecular flexibility index (Phi) is 3.85. The normalized spacial score (nSPS) is 15.3. The predicted octanol–water partition coefficient (Wildman–Crippen LogP) is 3.15. The van der Waals surface area contributed by atoms with Crippen LogP contribution in [0.25, 0.3) is 11.6 Å². The average Bonchev–Trinajstić information content (AvgIpc) is 3.19. The average molecular weight is 345 g/mol. The third-order valence-electron chi connectivity index (χ3n) is 4.21. The number of para-hydroxylation sites is 2. The Morgan fingerprint density at radius 3 is 2.46 bits per heavy atom. The predicted molar refractivity (Wildman–Crippen MR) is 97.7 cm³/mol. The van der Waals surface area contributed by atoms with E-state index in [1.165, 1.54) is 7.11 Å². The number of imide groups is 1. The van der Waals surface area contributed by atoms with Gasteiger partial charge < -0.3 is 9.72 Å². The molecule has 6 heteroatoms. The highest BCUT2D eigenvalue weighted by Gasteiger charge is 2.37. The lowest BCUT2D eigenvalue weighted by Crippen LogP contribution is -2.42. The molecule has 2 aromatic carbocycles. The first-order valence-corrected chi connectivity index (χ1v) is 8.03. The SMILES string of the molecule is COc1ccccc1N1C(=O)C(=Cc2ncc[nH]2)c2ccccc2C1=O. The molecule has 0 spiro atoms. The van der Waals surface area contributed by atoms with Crippen molar-refractivity contribution in [2.24, 2.45) is 0 Å². The number of nitrogens with one attached hydrogen (secondary N) is 1. The molecular formula is C20H15N3O3. The number of ether oxygens (including phenoxy) is 1. The molecule has 4 rings (SSSR count). The van der Waals surface area contributed by atoms with Crippen molar-refractivity contribution in [2.45, 2.75) is 0 Å². The third-order valence-corrected chi connectivity index (χ3v) is 4.21. The maximum absolute atomic E-state index is 13.2. The second kappa shape index (κ2) is 6.33. The lowest BCUT2D eigenvalue weighted by atomic mass is 9.92. The number of methoxy groups -OCH3 is 1. The molecule has 0 bridgehead atoms. The number of fused-ring (bicyclic) bond motifs is 1. The van der Waals surface area contributed by atoms with E-state index in [-0.39, 0.29) is 5.91 Å². The van der Waals surface area contributed by atoms with Crippen molar-refractivity contribution in [3.8, 4) is 5.75 Å². The number of aromatic amines is 1. The number of aromatic nitrogens is 2. The number of carbonyl (C=O) groups is 2. The van der Waals surface area contributed by atoms with Gasteiger partial charge in [0.2, 0.25) is 0 Å². The van der Waals surface area contributed by atoms with Crippen molar-refractivity contribution in [1.82, 2.24) is 9.97 Å². The van der Waals surface area contributed by atoms with Crippen LogP contribution in [0.2, 0.25) is 0 Å². The molecule has 0 atom stereocenters. The van der Waals surface area contributed by atoms with Crippen molar-refractivity contribution >= 4 is 29.2 Å². The Hall–Kier alpha value is -3.67. The number of H-pyrrole nitrogens is 1. The number of anilines is 1. The van der Waals surface area contributed by atoms with Crippen LogP contribution in [0.4, 0.5) is 5.69 Å². The van der Waals surface area contributed by atoms with Crippen LogP contribution < -0.4 is 9.64 Å². The molecule has 128 valence electrons. The Balaban J connectivity index is 1.93. The van der Waals surface area contributed by atoms with Gasteiger partial charge in [0.25, 0.3) is 11.8 Å². The number of rotatable bonds is 3. The molecule has 0 fully saturated rings. The van der Waals surface area contributed by atoms with E-state index in [2.05, 4.69) is 9.97 Å². The van der Waals surface area contributed by atoms with Crippen LogP contribution in [0.3, 0.4) is 0 Å². The van der Waals surface area contributed by atoms with E-state index in [1.807, 2.05) is 0 Å². The van der Waals surface area contributed by atoms with E-state index in [1.54, 1.807) is 67.0 Å². The molecule has 6 nitrogen and oxygen atoms in total. The number of imidazole rings is 1. The monoisotopic (exact) mass is 345 g/mol. The molecule has 1 aromatic heterocycles. The zero-order chi connectivity index (χ0) is 18.1.